The third-order valence-corrected chi connectivity index (χ3v) is 2.80. The molecule has 0 aromatic heterocycles. The van der Waals surface area contributed by atoms with Crippen LogP contribution in [0.1, 0.15) is 12.0 Å². The molecule has 0 saturated heterocycles. The van der Waals surface area contributed by atoms with E-state index in [0.29, 0.717) is 5.56 Å². The SMILES string of the molecule is N#Cc1ccc(NCCCNc2ccccc2)cc1. The second kappa shape index (κ2) is 7.07. The van der Waals surface area contributed by atoms with Crippen LogP contribution in [0.4, 0.5) is 11.4 Å². The molecule has 96 valence electrons. The monoisotopic (exact) mass is 251 g/mol. The Morgan fingerprint density at radius 1 is 0.789 bits per heavy atom. The second-order valence-corrected chi connectivity index (χ2v) is 4.26. The Morgan fingerprint density at radius 2 is 1.37 bits per heavy atom. The number of para-hydroxylation sites is 1. The van der Waals surface area contributed by atoms with Crippen LogP contribution in [-0.2, 0) is 0 Å². The Morgan fingerprint density at radius 3 is 1.95 bits per heavy atom. The van der Waals surface area contributed by atoms with Crippen molar-refractivity contribution in [1.82, 2.24) is 0 Å². The van der Waals surface area contributed by atoms with Gasteiger partial charge < -0.3 is 10.6 Å². The predicted molar refractivity (Wildman–Crippen MR) is 79.2 cm³/mol. The molecule has 2 aromatic carbocycles. The number of nitriles is 1. The van der Waals surface area contributed by atoms with Crippen LogP contribution in [0.2, 0.25) is 0 Å². The van der Waals surface area contributed by atoms with Crippen LogP contribution >= 0.6 is 0 Å². The summed E-state index contributed by atoms with van der Waals surface area (Å²) < 4.78 is 0. The van der Waals surface area contributed by atoms with E-state index in [1.165, 1.54) is 0 Å². The van der Waals surface area contributed by atoms with Gasteiger partial charge in [-0.1, -0.05) is 18.2 Å². The molecular weight excluding hydrogens is 234 g/mol. The van der Waals surface area contributed by atoms with E-state index < -0.39 is 0 Å². The number of anilines is 2. The molecule has 0 amide bonds. The maximum atomic E-state index is 8.70. The number of hydrogen-bond donors (Lipinski definition) is 2. The summed E-state index contributed by atoms with van der Waals surface area (Å²) in [7, 11) is 0. The van der Waals surface area contributed by atoms with Crippen molar-refractivity contribution < 1.29 is 0 Å². The zero-order valence-electron chi connectivity index (χ0n) is 10.8. The van der Waals surface area contributed by atoms with Crippen LogP contribution in [0.5, 0.6) is 0 Å². The van der Waals surface area contributed by atoms with Crippen molar-refractivity contribution in [1.29, 1.82) is 5.26 Å². The highest BCUT2D eigenvalue weighted by molar-refractivity contribution is 5.47. The van der Waals surface area contributed by atoms with Crippen molar-refractivity contribution in [2.24, 2.45) is 0 Å². The fourth-order valence-corrected chi connectivity index (χ4v) is 1.77. The van der Waals surface area contributed by atoms with Gasteiger partial charge in [0.25, 0.3) is 0 Å². The summed E-state index contributed by atoms with van der Waals surface area (Å²) in [6.07, 6.45) is 1.04. The van der Waals surface area contributed by atoms with Crippen molar-refractivity contribution in [3.05, 3.63) is 60.2 Å². The first-order valence-corrected chi connectivity index (χ1v) is 6.41. The van der Waals surface area contributed by atoms with E-state index in [2.05, 4.69) is 28.8 Å². The zero-order chi connectivity index (χ0) is 13.3. The van der Waals surface area contributed by atoms with Gasteiger partial charge in [0.15, 0.2) is 0 Å². The van der Waals surface area contributed by atoms with Gasteiger partial charge in [-0.2, -0.15) is 5.26 Å². The van der Waals surface area contributed by atoms with E-state index in [1.807, 2.05) is 42.5 Å². The van der Waals surface area contributed by atoms with E-state index in [0.717, 1.165) is 30.9 Å². The summed E-state index contributed by atoms with van der Waals surface area (Å²) in [4.78, 5) is 0. The van der Waals surface area contributed by atoms with Crippen molar-refractivity contribution >= 4 is 11.4 Å². The molecule has 19 heavy (non-hydrogen) atoms. The molecule has 2 N–H and O–H groups in total. The van der Waals surface area contributed by atoms with E-state index in [4.69, 9.17) is 5.26 Å². The van der Waals surface area contributed by atoms with E-state index in [-0.39, 0.29) is 0 Å². The normalized spacial score (nSPS) is 9.63. The Labute approximate surface area is 113 Å². The quantitative estimate of drug-likeness (QED) is 0.773. The Kier molecular flexibility index (Phi) is 4.83. The Balaban J connectivity index is 1.65. The molecule has 2 rings (SSSR count). The maximum absolute atomic E-state index is 8.70. The average Bonchev–Trinajstić information content (AvgIpc) is 2.49. The van der Waals surface area contributed by atoms with Crippen LogP contribution in [0, 0.1) is 11.3 Å². The molecule has 0 unspecified atom stereocenters. The molecule has 2 aromatic rings. The smallest absolute Gasteiger partial charge is 0.0991 e. The third kappa shape index (κ3) is 4.36. The van der Waals surface area contributed by atoms with Gasteiger partial charge in [-0.05, 0) is 42.8 Å². The lowest BCUT2D eigenvalue weighted by atomic mass is 10.2. The lowest BCUT2D eigenvalue weighted by molar-refractivity contribution is 0.909. The number of benzene rings is 2. The molecule has 0 spiro atoms. The largest absolute Gasteiger partial charge is 0.385 e. The summed E-state index contributed by atoms with van der Waals surface area (Å²) in [6, 6.07) is 19.8. The van der Waals surface area contributed by atoms with Gasteiger partial charge in [0.05, 0.1) is 11.6 Å². The fourth-order valence-electron chi connectivity index (χ4n) is 1.77. The molecule has 0 aliphatic heterocycles. The van der Waals surface area contributed by atoms with E-state index in [1.54, 1.807) is 0 Å². The summed E-state index contributed by atoms with van der Waals surface area (Å²) in [5, 5.41) is 15.4. The molecule has 0 aliphatic rings. The third-order valence-electron chi connectivity index (χ3n) is 2.80. The molecular formula is C16H17N3. The number of nitrogens with one attached hydrogen (secondary N) is 2. The van der Waals surface area contributed by atoms with Crippen molar-refractivity contribution in [2.75, 3.05) is 23.7 Å². The summed E-state index contributed by atoms with van der Waals surface area (Å²) in [5.41, 5.74) is 2.90. The Hall–Kier alpha value is -2.47. The summed E-state index contributed by atoms with van der Waals surface area (Å²) >= 11 is 0. The van der Waals surface area contributed by atoms with Gasteiger partial charge in [0.2, 0.25) is 0 Å². The van der Waals surface area contributed by atoms with Crippen LogP contribution in [0.3, 0.4) is 0 Å². The first kappa shape index (κ1) is 13.0. The molecule has 3 heteroatoms. The maximum Gasteiger partial charge on any atom is 0.0991 e. The van der Waals surface area contributed by atoms with Crippen molar-refractivity contribution in [3.63, 3.8) is 0 Å². The lowest BCUT2D eigenvalue weighted by Gasteiger charge is -2.08. The van der Waals surface area contributed by atoms with Crippen molar-refractivity contribution in [2.45, 2.75) is 6.42 Å². The van der Waals surface area contributed by atoms with Gasteiger partial charge in [-0.25, -0.2) is 0 Å². The van der Waals surface area contributed by atoms with Crippen LogP contribution in [-0.4, -0.2) is 13.1 Å². The van der Waals surface area contributed by atoms with Crippen LogP contribution < -0.4 is 10.6 Å². The standard InChI is InChI=1S/C16H17N3/c17-13-14-7-9-16(10-8-14)19-12-4-11-18-15-5-2-1-3-6-15/h1-3,5-10,18-19H,4,11-12H2. The minimum absolute atomic E-state index is 0.691. The highest BCUT2D eigenvalue weighted by atomic mass is 14.9. The number of nitrogens with zero attached hydrogens (tertiary/aromatic N) is 1. The summed E-state index contributed by atoms with van der Waals surface area (Å²) in [6.45, 7) is 1.85. The summed E-state index contributed by atoms with van der Waals surface area (Å²) in [5.74, 6) is 0. The first-order chi connectivity index (χ1) is 9.38. The highest BCUT2D eigenvalue weighted by Gasteiger charge is 1.93. The first-order valence-electron chi connectivity index (χ1n) is 6.41. The number of rotatable bonds is 6. The highest BCUT2D eigenvalue weighted by Crippen LogP contribution is 2.09. The lowest BCUT2D eigenvalue weighted by Crippen LogP contribution is -2.08. The molecule has 0 radical (unpaired) electrons. The molecule has 0 fully saturated rings. The number of hydrogen-bond acceptors (Lipinski definition) is 3. The van der Waals surface area contributed by atoms with Crippen molar-refractivity contribution in [3.8, 4) is 6.07 Å². The van der Waals surface area contributed by atoms with Gasteiger partial charge in [0.1, 0.15) is 0 Å². The van der Waals surface area contributed by atoms with Gasteiger partial charge >= 0.3 is 0 Å². The molecule has 3 nitrogen and oxygen atoms in total. The molecule has 0 saturated carbocycles. The van der Waals surface area contributed by atoms with Gasteiger partial charge in [0, 0.05) is 24.5 Å². The van der Waals surface area contributed by atoms with E-state index in [9.17, 15) is 0 Å². The molecule has 0 bridgehead atoms. The van der Waals surface area contributed by atoms with Gasteiger partial charge in [-0.15, -0.1) is 0 Å². The minimum Gasteiger partial charge on any atom is -0.385 e. The predicted octanol–water partition coefficient (Wildman–Crippen LogP) is 3.47. The fraction of sp³-hybridized carbons (Fsp3) is 0.188. The molecule has 0 atom stereocenters. The molecule has 0 heterocycles. The zero-order valence-corrected chi connectivity index (χ0v) is 10.8. The second-order valence-electron chi connectivity index (χ2n) is 4.26. The average molecular weight is 251 g/mol. The topological polar surface area (TPSA) is 47.9 Å². The van der Waals surface area contributed by atoms with Crippen LogP contribution in [0.25, 0.3) is 0 Å². The Bertz CT molecular complexity index is 526. The van der Waals surface area contributed by atoms with E-state index >= 15 is 0 Å². The minimum atomic E-state index is 0.691. The van der Waals surface area contributed by atoms with Gasteiger partial charge in [-0.3, -0.25) is 0 Å². The van der Waals surface area contributed by atoms with Crippen LogP contribution in [0.15, 0.2) is 54.6 Å². The molecule has 0 aliphatic carbocycles.